The van der Waals surface area contributed by atoms with Crippen LogP contribution in [0.4, 0.5) is 4.39 Å². The van der Waals surface area contributed by atoms with E-state index in [0.717, 1.165) is 13.0 Å². The molecule has 0 spiro atoms. The summed E-state index contributed by atoms with van der Waals surface area (Å²) in [5.41, 5.74) is -0.635. The predicted molar refractivity (Wildman–Crippen MR) is 45.9 cm³/mol. The lowest BCUT2D eigenvalue weighted by Gasteiger charge is -2.27. The normalized spacial score (nSPS) is 30.0. The van der Waals surface area contributed by atoms with E-state index in [-0.39, 0.29) is 6.67 Å². The van der Waals surface area contributed by atoms with Crippen LogP contribution in [0.2, 0.25) is 0 Å². The van der Waals surface area contributed by atoms with E-state index >= 15 is 0 Å². The molecule has 72 valence electrons. The van der Waals surface area contributed by atoms with E-state index in [2.05, 4.69) is 5.32 Å². The molecule has 0 saturated carbocycles. The topological polar surface area (TPSA) is 35.5 Å². The minimum Gasteiger partial charge on any atom is -0.387 e. The standard InChI is InChI=1S/C8H17FN2O/c1-11(5-3-9)7-8(12)2-4-10-6-8/h10,12H,2-7H2,1H3. The number of likely N-dealkylation sites (N-methyl/N-ethyl adjacent to an activating group) is 1. The minimum atomic E-state index is -0.635. The van der Waals surface area contributed by atoms with E-state index in [1.54, 1.807) is 0 Å². The van der Waals surface area contributed by atoms with Crippen LogP contribution in [0, 0.1) is 0 Å². The van der Waals surface area contributed by atoms with E-state index in [1.807, 2.05) is 11.9 Å². The summed E-state index contributed by atoms with van der Waals surface area (Å²) in [6.45, 7) is 2.11. The Hall–Kier alpha value is -0.190. The maximum atomic E-state index is 11.9. The van der Waals surface area contributed by atoms with Gasteiger partial charge in [-0.15, -0.1) is 0 Å². The molecule has 0 radical (unpaired) electrons. The Morgan fingerprint density at radius 3 is 2.92 bits per heavy atom. The van der Waals surface area contributed by atoms with E-state index in [1.165, 1.54) is 0 Å². The van der Waals surface area contributed by atoms with Crippen LogP contribution in [0.15, 0.2) is 0 Å². The van der Waals surface area contributed by atoms with Crippen LogP contribution < -0.4 is 5.32 Å². The van der Waals surface area contributed by atoms with Crippen LogP contribution >= 0.6 is 0 Å². The summed E-state index contributed by atoms with van der Waals surface area (Å²) in [5, 5.41) is 13.0. The molecule has 0 aliphatic carbocycles. The van der Waals surface area contributed by atoms with Crippen molar-refractivity contribution in [2.45, 2.75) is 12.0 Å². The summed E-state index contributed by atoms with van der Waals surface area (Å²) in [4.78, 5) is 1.83. The highest BCUT2D eigenvalue weighted by Crippen LogP contribution is 2.14. The fourth-order valence-electron chi connectivity index (χ4n) is 1.59. The third-order valence-corrected chi connectivity index (χ3v) is 2.25. The van der Waals surface area contributed by atoms with Crippen LogP contribution in [0.1, 0.15) is 6.42 Å². The molecule has 3 nitrogen and oxygen atoms in total. The van der Waals surface area contributed by atoms with Gasteiger partial charge < -0.3 is 15.3 Å². The molecule has 1 heterocycles. The Labute approximate surface area is 72.6 Å². The van der Waals surface area contributed by atoms with Crippen molar-refractivity contribution in [1.29, 1.82) is 0 Å². The zero-order valence-electron chi connectivity index (χ0n) is 7.52. The Bertz CT molecular complexity index is 137. The molecule has 0 aromatic heterocycles. The highest BCUT2D eigenvalue weighted by Gasteiger charge is 2.31. The first-order valence-corrected chi connectivity index (χ1v) is 4.34. The second-order valence-corrected chi connectivity index (χ2v) is 3.58. The van der Waals surface area contributed by atoms with Crippen LogP contribution in [0.5, 0.6) is 0 Å². The number of halogens is 1. The number of aliphatic hydroxyl groups is 1. The number of rotatable bonds is 4. The fourth-order valence-corrected chi connectivity index (χ4v) is 1.59. The molecule has 0 amide bonds. The molecule has 0 aromatic carbocycles. The lowest BCUT2D eigenvalue weighted by atomic mass is 10.0. The predicted octanol–water partition coefficient (Wildman–Crippen LogP) is -0.388. The molecule has 12 heavy (non-hydrogen) atoms. The van der Waals surface area contributed by atoms with Crippen LogP contribution in [0.25, 0.3) is 0 Å². The average molecular weight is 176 g/mol. The van der Waals surface area contributed by atoms with Gasteiger partial charge in [0.15, 0.2) is 0 Å². The molecule has 0 bridgehead atoms. The molecule has 4 heteroatoms. The van der Waals surface area contributed by atoms with Gasteiger partial charge in [-0.3, -0.25) is 0 Å². The maximum absolute atomic E-state index is 11.9. The van der Waals surface area contributed by atoms with E-state index in [9.17, 15) is 9.50 Å². The van der Waals surface area contributed by atoms with Gasteiger partial charge in [-0.1, -0.05) is 0 Å². The summed E-state index contributed by atoms with van der Waals surface area (Å²) >= 11 is 0. The molecule has 1 aliphatic heterocycles. The molecule has 1 fully saturated rings. The maximum Gasteiger partial charge on any atom is 0.102 e. The SMILES string of the molecule is CN(CCF)CC1(O)CCNC1. The summed E-state index contributed by atoms with van der Waals surface area (Å²) < 4.78 is 11.9. The number of β-amino-alcohol motifs (C(OH)–C–C–N with tert-alkyl or cyclic N) is 1. The Morgan fingerprint density at radius 1 is 1.67 bits per heavy atom. The zero-order chi connectivity index (χ0) is 9.03. The first-order valence-electron chi connectivity index (χ1n) is 4.34. The highest BCUT2D eigenvalue weighted by molar-refractivity contribution is 4.89. The lowest BCUT2D eigenvalue weighted by molar-refractivity contribution is 0.0272. The van der Waals surface area contributed by atoms with Crippen molar-refractivity contribution in [2.24, 2.45) is 0 Å². The number of nitrogens with zero attached hydrogens (tertiary/aromatic N) is 1. The van der Waals surface area contributed by atoms with Crippen molar-refractivity contribution in [1.82, 2.24) is 10.2 Å². The fraction of sp³-hybridized carbons (Fsp3) is 1.00. The number of hydrogen-bond donors (Lipinski definition) is 2. The highest BCUT2D eigenvalue weighted by atomic mass is 19.1. The largest absolute Gasteiger partial charge is 0.387 e. The van der Waals surface area contributed by atoms with Crippen LogP contribution in [-0.2, 0) is 0 Å². The summed E-state index contributed by atoms with van der Waals surface area (Å²) in [6.07, 6.45) is 0.767. The van der Waals surface area contributed by atoms with Crippen molar-refractivity contribution in [3.05, 3.63) is 0 Å². The summed E-state index contributed by atoms with van der Waals surface area (Å²) in [7, 11) is 1.83. The van der Waals surface area contributed by atoms with Gasteiger partial charge in [0.25, 0.3) is 0 Å². The zero-order valence-corrected chi connectivity index (χ0v) is 7.52. The molecule has 0 aromatic rings. The molecular weight excluding hydrogens is 159 g/mol. The number of hydrogen-bond acceptors (Lipinski definition) is 3. The molecule has 1 saturated heterocycles. The van der Waals surface area contributed by atoms with E-state index in [4.69, 9.17) is 0 Å². The lowest BCUT2D eigenvalue weighted by Crippen LogP contribution is -2.43. The summed E-state index contributed by atoms with van der Waals surface area (Å²) in [6, 6.07) is 0. The van der Waals surface area contributed by atoms with Crippen molar-refractivity contribution < 1.29 is 9.50 Å². The van der Waals surface area contributed by atoms with Gasteiger partial charge in [-0.25, -0.2) is 4.39 Å². The van der Waals surface area contributed by atoms with Gasteiger partial charge in [0.05, 0.1) is 5.60 Å². The van der Waals surface area contributed by atoms with Crippen molar-refractivity contribution in [3.63, 3.8) is 0 Å². The van der Waals surface area contributed by atoms with Gasteiger partial charge in [0, 0.05) is 19.6 Å². The third-order valence-electron chi connectivity index (χ3n) is 2.25. The van der Waals surface area contributed by atoms with E-state index < -0.39 is 5.60 Å². The number of nitrogens with one attached hydrogen (secondary N) is 1. The van der Waals surface area contributed by atoms with Gasteiger partial charge in [0.1, 0.15) is 6.67 Å². The van der Waals surface area contributed by atoms with Gasteiger partial charge >= 0.3 is 0 Å². The number of alkyl halides is 1. The molecule has 1 rings (SSSR count). The Balaban J connectivity index is 2.28. The van der Waals surface area contributed by atoms with Crippen LogP contribution in [0.3, 0.4) is 0 Å². The third kappa shape index (κ3) is 2.69. The second kappa shape index (κ2) is 4.16. The second-order valence-electron chi connectivity index (χ2n) is 3.58. The van der Waals surface area contributed by atoms with Crippen molar-refractivity contribution in [2.75, 3.05) is 39.9 Å². The molecular formula is C8H17FN2O. The quantitative estimate of drug-likeness (QED) is 0.612. The molecule has 1 atom stereocenters. The smallest absolute Gasteiger partial charge is 0.102 e. The van der Waals surface area contributed by atoms with Crippen molar-refractivity contribution in [3.8, 4) is 0 Å². The van der Waals surface area contributed by atoms with Gasteiger partial charge in [-0.2, -0.15) is 0 Å². The monoisotopic (exact) mass is 176 g/mol. The van der Waals surface area contributed by atoms with Gasteiger partial charge in [-0.05, 0) is 20.0 Å². The molecule has 2 N–H and O–H groups in total. The van der Waals surface area contributed by atoms with Crippen LogP contribution in [-0.4, -0.2) is 55.5 Å². The molecule has 1 aliphatic rings. The summed E-state index contributed by atoms with van der Waals surface area (Å²) in [5.74, 6) is 0. The van der Waals surface area contributed by atoms with Gasteiger partial charge in [0.2, 0.25) is 0 Å². The average Bonchev–Trinajstić information content (AvgIpc) is 2.36. The first kappa shape index (κ1) is 9.89. The minimum absolute atomic E-state index is 0.347. The Morgan fingerprint density at radius 2 is 2.42 bits per heavy atom. The Kier molecular flexibility index (Phi) is 3.43. The van der Waals surface area contributed by atoms with Crippen molar-refractivity contribution >= 4 is 0 Å². The first-order chi connectivity index (χ1) is 5.66. The molecule has 1 unspecified atom stereocenters. The van der Waals surface area contributed by atoms with E-state index in [0.29, 0.717) is 19.6 Å².